The first-order chi connectivity index (χ1) is 8.74. The molecule has 0 saturated heterocycles. The van der Waals surface area contributed by atoms with Crippen LogP contribution in [0.2, 0.25) is 0 Å². The Balaban J connectivity index is 2.30. The number of benzene rings is 1. The minimum Gasteiger partial charge on any atom is -0.497 e. The van der Waals surface area contributed by atoms with Crippen LogP contribution in [0, 0.1) is 6.92 Å². The lowest BCUT2D eigenvalue weighted by molar-refractivity contribution is 0.406. The number of aryl methyl sites for hydroxylation is 1. The van der Waals surface area contributed by atoms with Gasteiger partial charge >= 0.3 is 0 Å². The summed E-state index contributed by atoms with van der Waals surface area (Å²) in [6.07, 6.45) is 1.71. The van der Waals surface area contributed by atoms with Gasteiger partial charge in [0.1, 0.15) is 11.5 Å². The molecular weight excluding hydrogens is 228 g/mol. The molecule has 1 heterocycles. The Morgan fingerprint density at radius 3 is 2.72 bits per heavy atom. The molecule has 1 aromatic heterocycles. The van der Waals surface area contributed by atoms with E-state index in [-0.39, 0.29) is 0 Å². The molecule has 1 aromatic carbocycles. The zero-order valence-corrected chi connectivity index (χ0v) is 10.5. The molecule has 0 aliphatic carbocycles. The minimum atomic E-state index is 0.402. The Morgan fingerprint density at radius 2 is 2.00 bits per heavy atom. The van der Waals surface area contributed by atoms with Crippen molar-refractivity contribution in [3.05, 3.63) is 47.7 Å². The summed E-state index contributed by atoms with van der Waals surface area (Å²) in [4.78, 5) is 4.22. The molecule has 4 nitrogen and oxygen atoms in total. The molecule has 0 aliphatic rings. The number of nitrogens with zero attached hydrogens (tertiary/aromatic N) is 1. The van der Waals surface area contributed by atoms with Crippen molar-refractivity contribution in [2.75, 3.05) is 7.11 Å². The van der Waals surface area contributed by atoms with Gasteiger partial charge in [-0.05, 0) is 30.7 Å². The summed E-state index contributed by atoms with van der Waals surface area (Å²) in [7, 11) is 1.62. The number of ether oxygens (including phenoxy) is 2. The highest BCUT2D eigenvalue weighted by atomic mass is 16.5. The Kier molecular flexibility index (Phi) is 3.79. The summed E-state index contributed by atoms with van der Waals surface area (Å²) in [5, 5.41) is 0. The lowest BCUT2D eigenvalue weighted by atomic mass is 10.1. The second-order valence-corrected chi connectivity index (χ2v) is 3.90. The molecule has 0 radical (unpaired) electrons. The van der Waals surface area contributed by atoms with Crippen LogP contribution in [0.25, 0.3) is 0 Å². The van der Waals surface area contributed by atoms with Gasteiger partial charge in [0.2, 0.25) is 5.88 Å². The second-order valence-electron chi connectivity index (χ2n) is 3.90. The van der Waals surface area contributed by atoms with Crippen molar-refractivity contribution in [1.29, 1.82) is 0 Å². The maximum Gasteiger partial charge on any atom is 0.223 e. The normalized spacial score (nSPS) is 10.2. The SMILES string of the molecule is COc1cccc(Oc2nccc(C)c2CN)c1. The second kappa shape index (κ2) is 5.51. The van der Waals surface area contributed by atoms with Crippen LogP contribution < -0.4 is 15.2 Å². The van der Waals surface area contributed by atoms with Crippen molar-refractivity contribution >= 4 is 0 Å². The molecule has 0 saturated carbocycles. The molecule has 4 heteroatoms. The van der Waals surface area contributed by atoms with E-state index in [9.17, 15) is 0 Å². The summed E-state index contributed by atoms with van der Waals surface area (Å²) in [5.41, 5.74) is 7.71. The lowest BCUT2D eigenvalue weighted by Crippen LogP contribution is -2.03. The highest BCUT2D eigenvalue weighted by molar-refractivity contribution is 5.39. The zero-order chi connectivity index (χ0) is 13.0. The molecule has 0 spiro atoms. The van der Waals surface area contributed by atoms with E-state index in [0.29, 0.717) is 18.2 Å². The fourth-order valence-corrected chi connectivity index (χ4v) is 1.68. The van der Waals surface area contributed by atoms with Gasteiger partial charge in [-0.15, -0.1) is 0 Å². The van der Waals surface area contributed by atoms with Crippen molar-refractivity contribution in [1.82, 2.24) is 4.98 Å². The average molecular weight is 244 g/mol. The number of hydrogen-bond donors (Lipinski definition) is 1. The predicted molar refractivity (Wildman–Crippen MR) is 69.9 cm³/mol. The smallest absolute Gasteiger partial charge is 0.223 e. The van der Waals surface area contributed by atoms with E-state index in [0.717, 1.165) is 16.9 Å². The molecule has 2 N–H and O–H groups in total. The number of pyridine rings is 1. The van der Waals surface area contributed by atoms with Gasteiger partial charge in [0.25, 0.3) is 0 Å². The lowest BCUT2D eigenvalue weighted by Gasteiger charge is -2.11. The molecule has 2 rings (SSSR count). The first-order valence-electron chi connectivity index (χ1n) is 5.71. The minimum absolute atomic E-state index is 0.402. The van der Waals surface area contributed by atoms with Crippen molar-refractivity contribution in [3.8, 4) is 17.4 Å². The van der Waals surface area contributed by atoms with Crippen molar-refractivity contribution < 1.29 is 9.47 Å². The van der Waals surface area contributed by atoms with Gasteiger partial charge in [-0.1, -0.05) is 6.07 Å². The topological polar surface area (TPSA) is 57.4 Å². The molecule has 0 fully saturated rings. The molecule has 0 atom stereocenters. The van der Waals surface area contributed by atoms with E-state index in [1.54, 1.807) is 13.3 Å². The van der Waals surface area contributed by atoms with E-state index in [1.807, 2.05) is 37.3 Å². The molecule has 0 unspecified atom stereocenters. The third-order valence-electron chi connectivity index (χ3n) is 2.71. The average Bonchev–Trinajstić information content (AvgIpc) is 2.39. The quantitative estimate of drug-likeness (QED) is 0.898. The number of hydrogen-bond acceptors (Lipinski definition) is 4. The van der Waals surface area contributed by atoms with E-state index in [4.69, 9.17) is 15.2 Å². The van der Waals surface area contributed by atoms with Crippen molar-refractivity contribution in [2.24, 2.45) is 5.73 Å². The summed E-state index contributed by atoms with van der Waals surface area (Å²) in [6.45, 7) is 2.39. The number of nitrogens with two attached hydrogens (primary N) is 1. The van der Waals surface area contributed by atoms with Crippen LogP contribution >= 0.6 is 0 Å². The molecule has 0 bridgehead atoms. The summed E-state index contributed by atoms with van der Waals surface area (Å²) < 4.78 is 10.9. The molecule has 0 aliphatic heterocycles. The fourth-order valence-electron chi connectivity index (χ4n) is 1.68. The first kappa shape index (κ1) is 12.4. The van der Waals surface area contributed by atoms with Crippen LogP contribution in [0.3, 0.4) is 0 Å². The molecule has 18 heavy (non-hydrogen) atoms. The Morgan fingerprint density at radius 1 is 1.22 bits per heavy atom. The summed E-state index contributed by atoms with van der Waals surface area (Å²) in [6, 6.07) is 9.31. The van der Waals surface area contributed by atoms with Crippen LogP contribution in [0.15, 0.2) is 36.5 Å². The third-order valence-corrected chi connectivity index (χ3v) is 2.71. The van der Waals surface area contributed by atoms with E-state index in [2.05, 4.69) is 4.98 Å². The van der Waals surface area contributed by atoms with Gasteiger partial charge in [0.15, 0.2) is 0 Å². The van der Waals surface area contributed by atoms with E-state index >= 15 is 0 Å². The van der Waals surface area contributed by atoms with Gasteiger partial charge in [-0.3, -0.25) is 0 Å². The standard InChI is InChI=1S/C14H16N2O2/c1-10-6-7-16-14(13(10)9-15)18-12-5-3-4-11(8-12)17-2/h3-8H,9,15H2,1-2H3. The molecular formula is C14H16N2O2. The number of rotatable bonds is 4. The van der Waals surface area contributed by atoms with Crippen LogP contribution in [-0.4, -0.2) is 12.1 Å². The van der Waals surface area contributed by atoms with E-state index in [1.165, 1.54) is 0 Å². The monoisotopic (exact) mass is 244 g/mol. The highest BCUT2D eigenvalue weighted by Gasteiger charge is 2.08. The summed E-state index contributed by atoms with van der Waals surface area (Å²) in [5.74, 6) is 1.97. The highest BCUT2D eigenvalue weighted by Crippen LogP contribution is 2.27. The molecule has 0 amide bonds. The maximum atomic E-state index is 5.75. The predicted octanol–water partition coefficient (Wildman–Crippen LogP) is 2.65. The summed E-state index contributed by atoms with van der Waals surface area (Å²) >= 11 is 0. The van der Waals surface area contributed by atoms with E-state index < -0.39 is 0 Å². The number of aromatic nitrogens is 1. The Bertz CT molecular complexity index is 541. The molecule has 2 aromatic rings. The maximum absolute atomic E-state index is 5.75. The number of methoxy groups -OCH3 is 1. The van der Waals surface area contributed by atoms with Gasteiger partial charge in [-0.2, -0.15) is 0 Å². The largest absolute Gasteiger partial charge is 0.497 e. The fraction of sp³-hybridized carbons (Fsp3) is 0.214. The van der Waals surface area contributed by atoms with Gasteiger partial charge < -0.3 is 15.2 Å². The van der Waals surface area contributed by atoms with Crippen molar-refractivity contribution in [3.63, 3.8) is 0 Å². The van der Waals surface area contributed by atoms with Crippen LogP contribution in [0.4, 0.5) is 0 Å². The van der Waals surface area contributed by atoms with Crippen LogP contribution in [-0.2, 0) is 6.54 Å². The zero-order valence-electron chi connectivity index (χ0n) is 10.5. The molecule has 94 valence electrons. The van der Waals surface area contributed by atoms with Crippen LogP contribution in [0.5, 0.6) is 17.4 Å². The van der Waals surface area contributed by atoms with Crippen molar-refractivity contribution in [2.45, 2.75) is 13.5 Å². The van der Waals surface area contributed by atoms with Gasteiger partial charge in [0, 0.05) is 24.4 Å². The Labute approximate surface area is 106 Å². The van der Waals surface area contributed by atoms with Gasteiger partial charge in [-0.25, -0.2) is 4.98 Å². The Hall–Kier alpha value is -2.07. The van der Waals surface area contributed by atoms with Crippen LogP contribution in [0.1, 0.15) is 11.1 Å². The van der Waals surface area contributed by atoms with Gasteiger partial charge in [0.05, 0.1) is 7.11 Å². The first-order valence-corrected chi connectivity index (χ1v) is 5.71. The third kappa shape index (κ3) is 2.60.